The average Bonchev–Trinajstić information content (AvgIpc) is 2.60. The van der Waals surface area contributed by atoms with Crippen LogP contribution in [0.1, 0.15) is 11.1 Å². The van der Waals surface area contributed by atoms with Gasteiger partial charge >= 0.3 is 0 Å². The van der Waals surface area contributed by atoms with Crippen LogP contribution in [-0.2, 0) is 6.61 Å². The van der Waals surface area contributed by atoms with Gasteiger partial charge in [0.05, 0.1) is 5.56 Å². The van der Waals surface area contributed by atoms with E-state index < -0.39 is 0 Å². The quantitative estimate of drug-likeness (QED) is 0.306. The molecular formula is C18H19ClN3OS+. The molecule has 0 atom stereocenters. The van der Waals surface area contributed by atoms with Crippen molar-refractivity contribution in [2.24, 2.45) is 0 Å². The highest BCUT2D eigenvalue weighted by molar-refractivity contribution is 7.80. The Balaban J connectivity index is 1.95. The fourth-order valence-corrected chi connectivity index (χ4v) is 2.13. The Bertz CT molecular complexity index is 716. The van der Waals surface area contributed by atoms with E-state index in [2.05, 4.69) is 22.4 Å². The van der Waals surface area contributed by atoms with E-state index in [0.29, 0.717) is 23.3 Å². The molecule has 0 aliphatic rings. The number of hydrazone groups is 1. The van der Waals surface area contributed by atoms with Crippen molar-refractivity contribution in [3.8, 4) is 5.75 Å². The van der Waals surface area contributed by atoms with Gasteiger partial charge in [-0.1, -0.05) is 41.9 Å². The molecular weight excluding hydrogens is 342 g/mol. The van der Waals surface area contributed by atoms with Crippen molar-refractivity contribution in [3.05, 3.63) is 77.3 Å². The molecule has 2 aromatic carbocycles. The molecule has 0 radical (unpaired) electrons. The van der Waals surface area contributed by atoms with Crippen molar-refractivity contribution < 1.29 is 9.84 Å². The van der Waals surface area contributed by atoms with E-state index in [1.807, 2.05) is 48.5 Å². The first-order valence-corrected chi connectivity index (χ1v) is 8.17. The maximum Gasteiger partial charge on any atom is 0.224 e. The van der Waals surface area contributed by atoms with Crippen molar-refractivity contribution in [1.29, 1.82) is 0 Å². The van der Waals surface area contributed by atoms with Gasteiger partial charge in [0.25, 0.3) is 0 Å². The third-order valence-electron chi connectivity index (χ3n) is 3.05. The van der Waals surface area contributed by atoms with Crippen LogP contribution in [0.15, 0.2) is 61.2 Å². The van der Waals surface area contributed by atoms with Crippen molar-refractivity contribution in [2.75, 3.05) is 6.54 Å². The van der Waals surface area contributed by atoms with Crippen molar-refractivity contribution in [3.63, 3.8) is 0 Å². The Kier molecular flexibility index (Phi) is 7.26. The summed E-state index contributed by atoms with van der Waals surface area (Å²) in [5, 5.41) is 7.11. The second kappa shape index (κ2) is 9.70. The SMILES string of the molecule is C=CCNC(=S)N[NH+]=Cc1ccccc1OCc1ccc(Cl)cc1. The summed E-state index contributed by atoms with van der Waals surface area (Å²) in [5.41, 5.74) is 4.83. The monoisotopic (exact) mass is 360 g/mol. The third-order valence-corrected chi connectivity index (χ3v) is 3.55. The summed E-state index contributed by atoms with van der Waals surface area (Å²) in [4.78, 5) is 0. The number of benzene rings is 2. The van der Waals surface area contributed by atoms with Crippen LogP contribution in [0.4, 0.5) is 0 Å². The highest BCUT2D eigenvalue weighted by Crippen LogP contribution is 2.17. The fraction of sp³-hybridized carbons (Fsp3) is 0.111. The molecule has 0 saturated carbocycles. The highest BCUT2D eigenvalue weighted by atomic mass is 35.5. The molecule has 2 rings (SSSR count). The zero-order valence-electron chi connectivity index (χ0n) is 13.1. The minimum atomic E-state index is 0.467. The van der Waals surface area contributed by atoms with Crippen LogP contribution in [0.5, 0.6) is 5.75 Å². The molecule has 0 amide bonds. The van der Waals surface area contributed by atoms with Crippen LogP contribution < -0.4 is 20.6 Å². The zero-order valence-corrected chi connectivity index (χ0v) is 14.7. The van der Waals surface area contributed by atoms with Gasteiger partial charge in [-0.05, 0) is 42.0 Å². The highest BCUT2D eigenvalue weighted by Gasteiger charge is 2.04. The Labute approximate surface area is 152 Å². The summed E-state index contributed by atoms with van der Waals surface area (Å²) in [6.45, 7) is 4.69. The Morgan fingerprint density at radius 3 is 2.71 bits per heavy atom. The average molecular weight is 361 g/mol. The topological polar surface area (TPSA) is 47.3 Å². The van der Waals surface area contributed by atoms with Crippen LogP contribution in [0.2, 0.25) is 5.02 Å². The number of nitrogens with one attached hydrogen (secondary N) is 3. The molecule has 0 aliphatic heterocycles. The molecule has 2 aromatic rings. The van der Waals surface area contributed by atoms with Gasteiger partial charge in [-0.3, -0.25) is 0 Å². The smallest absolute Gasteiger partial charge is 0.224 e. The van der Waals surface area contributed by atoms with Crippen LogP contribution in [-0.4, -0.2) is 17.9 Å². The molecule has 0 unspecified atom stereocenters. The number of hydrazine groups is 1. The first-order chi connectivity index (χ1) is 11.7. The number of hydrogen-bond acceptors (Lipinski definition) is 2. The third kappa shape index (κ3) is 6.02. The predicted molar refractivity (Wildman–Crippen MR) is 102 cm³/mol. The molecule has 3 N–H and O–H groups in total. The molecule has 24 heavy (non-hydrogen) atoms. The zero-order chi connectivity index (χ0) is 17.2. The molecule has 0 heterocycles. The largest absolute Gasteiger partial charge is 0.488 e. The van der Waals surface area contributed by atoms with Gasteiger partial charge in [0, 0.05) is 11.6 Å². The fourth-order valence-electron chi connectivity index (χ4n) is 1.86. The lowest BCUT2D eigenvalue weighted by Crippen LogP contribution is -2.82. The number of para-hydroxylation sites is 1. The molecule has 0 bridgehead atoms. The molecule has 0 aliphatic carbocycles. The van der Waals surface area contributed by atoms with E-state index in [-0.39, 0.29) is 0 Å². The summed E-state index contributed by atoms with van der Waals surface area (Å²) in [6.07, 6.45) is 3.52. The van der Waals surface area contributed by atoms with Gasteiger partial charge < -0.3 is 10.1 Å². The van der Waals surface area contributed by atoms with Crippen molar-refractivity contribution in [1.82, 2.24) is 10.7 Å². The normalized spacial score (nSPS) is 10.4. The molecule has 6 heteroatoms. The van der Waals surface area contributed by atoms with E-state index >= 15 is 0 Å². The lowest BCUT2D eigenvalue weighted by molar-refractivity contribution is -0.500. The number of halogens is 1. The van der Waals surface area contributed by atoms with Crippen LogP contribution in [0.25, 0.3) is 0 Å². The lowest BCUT2D eigenvalue weighted by Gasteiger charge is -2.08. The Morgan fingerprint density at radius 2 is 1.96 bits per heavy atom. The van der Waals surface area contributed by atoms with E-state index in [1.54, 1.807) is 12.3 Å². The summed E-state index contributed by atoms with van der Waals surface area (Å²) in [5.74, 6) is 0.770. The van der Waals surface area contributed by atoms with Gasteiger partial charge in [-0.15, -0.1) is 17.1 Å². The van der Waals surface area contributed by atoms with E-state index in [0.717, 1.165) is 16.9 Å². The number of ether oxygens (including phenoxy) is 1. The van der Waals surface area contributed by atoms with Crippen molar-refractivity contribution >= 4 is 35.1 Å². The summed E-state index contributed by atoms with van der Waals surface area (Å²) < 4.78 is 5.88. The molecule has 0 fully saturated rings. The summed E-state index contributed by atoms with van der Waals surface area (Å²) in [6, 6.07) is 15.3. The van der Waals surface area contributed by atoms with E-state index in [4.69, 9.17) is 28.6 Å². The van der Waals surface area contributed by atoms with Crippen LogP contribution >= 0.6 is 23.8 Å². The molecule has 4 nitrogen and oxygen atoms in total. The van der Waals surface area contributed by atoms with Crippen molar-refractivity contribution in [2.45, 2.75) is 6.61 Å². The number of thiocarbonyl (C=S) groups is 1. The second-order valence-electron chi connectivity index (χ2n) is 4.87. The first-order valence-electron chi connectivity index (χ1n) is 7.39. The van der Waals surface area contributed by atoms with E-state index in [1.165, 1.54) is 0 Å². The van der Waals surface area contributed by atoms with Gasteiger partial charge in [0.15, 0.2) is 0 Å². The molecule has 0 aromatic heterocycles. The minimum absolute atomic E-state index is 0.467. The Hall–Kier alpha value is -2.37. The minimum Gasteiger partial charge on any atom is -0.488 e. The van der Waals surface area contributed by atoms with Crippen LogP contribution in [0, 0.1) is 0 Å². The lowest BCUT2D eigenvalue weighted by atomic mass is 10.2. The van der Waals surface area contributed by atoms with Gasteiger partial charge in [-0.25, -0.2) is 0 Å². The van der Waals surface area contributed by atoms with Gasteiger partial charge in [-0.2, -0.15) is 0 Å². The Morgan fingerprint density at radius 1 is 1.21 bits per heavy atom. The van der Waals surface area contributed by atoms with Gasteiger partial charge in [0.2, 0.25) is 11.3 Å². The number of rotatable bonds is 7. The molecule has 0 spiro atoms. The van der Waals surface area contributed by atoms with E-state index in [9.17, 15) is 0 Å². The maximum atomic E-state index is 5.89. The molecule has 0 saturated heterocycles. The van der Waals surface area contributed by atoms with Crippen LogP contribution in [0.3, 0.4) is 0 Å². The standard InChI is InChI=1S/C18H18ClN3OS/c1-2-11-20-18(24)22-21-12-15-5-3-4-6-17(15)23-13-14-7-9-16(19)10-8-14/h2-10,12H,1,11,13H2,(H2,20,22,24)/p+1. The maximum absolute atomic E-state index is 5.89. The first kappa shape index (κ1) is 18.0. The van der Waals surface area contributed by atoms with Gasteiger partial charge in [0.1, 0.15) is 12.4 Å². The summed E-state index contributed by atoms with van der Waals surface area (Å²) >= 11 is 11.0. The predicted octanol–water partition coefficient (Wildman–Crippen LogP) is 1.98. The number of hydrogen-bond donors (Lipinski definition) is 3. The molecule has 124 valence electrons. The summed E-state index contributed by atoms with van der Waals surface area (Å²) in [7, 11) is 0. The second-order valence-corrected chi connectivity index (χ2v) is 5.71.